The second-order valence-electron chi connectivity index (χ2n) is 4.16. The van der Waals surface area contributed by atoms with Gasteiger partial charge in [-0.2, -0.15) is 0 Å². The molecule has 0 radical (unpaired) electrons. The minimum atomic E-state index is 0.290. The van der Waals surface area contributed by atoms with Gasteiger partial charge in [-0.1, -0.05) is 24.6 Å². The van der Waals surface area contributed by atoms with E-state index in [-0.39, 0.29) is 6.04 Å². The van der Waals surface area contributed by atoms with Crippen LogP contribution in [0, 0.1) is 0 Å². The van der Waals surface area contributed by atoms with Crippen molar-refractivity contribution in [2.24, 2.45) is 7.05 Å². The average Bonchev–Trinajstić information content (AvgIpc) is 2.78. The first kappa shape index (κ1) is 14.3. The van der Waals surface area contributed by atoms with Crippen molar-refractivity contribution < 1.29 is 0 Å². The van der Waals surface area contributed by atoms with Crippen molar-refractivity contribution in [2.75, 3.05) is 6.54 Å². The molecule has 19 heavy (non-hydrogen) atoms. The predicted octanol–water partition coefficient (Wildman–Crippen LogP) is 2.69. The number of rotatable bonds is 5. The van der Waals surface area contributed by atoms with Crippen molar-refractivity contribution in [1.82, 2.24) is 25.5 Å². The molecule has 7 heteroatoms. The zero-order chi connectivity index (χ0) is 13.8. The second-order valence-corrected chi connectivity index (χ2v) is 5.57. The summed E-state index contributed by atoms with van der Waals surface area (Å²) in [5.74, 6) is 0. The van der Waals surface area contributed by atoms with Crippen LogP contribution in [-0.4, -0.2) is 26.8 Å². The van der Waals surface area contributed by atoms with Crippen molar-refractivity contribution in [2.45, 2.75) is 29.9 Å². The summed E-state index contributed by atoms with van der Waals surface area (Å²) >= 11 is 7.77. The molecule has 0 saturated carbocycles. The first-order valence-corrected chi connectivity index (χ1v) is 7.24. The van der Waals surface area contributed by atoms with Gasteiger partial charge in [-0.15, -0.1) is 5.10 Å². The van der Waals surface area contributed by atoms with Crippen LogP contribution in [0.2, 0.25) is 5.02 Å². The smallest absolute Gasteiger partial charge is 0.213 e. The van der Waals surface area contributed by atoms with Crippen molar-refractivity contribution in [3.8, 4) is 0 Å². The molecule has 102 valence electrons. The van der Waals surface area contributed by atoms with Gasteiger partial charge in [0.2, 0.25) is 5.16 Å². The van der Waals surface area contributed by atoms with Crippen LogP contribution in [0.3, 0.4) is 0 Å². The molecule has 0 aliphatic rings. The molecule has 0 fully saturated rings. The van der Waals surface area contributed by atoms with Gasteiger partial charge in [0.15, 0.2) is 0 Å². The molecule has 1 heterocycles. The molecule has 0 amide bonds. The van der Waals surface area contributed by atoms with E-state index >= 15 is 0 Å². The van der Waals surface area contributed by atoms with Gasteiger partial charge in [0, 0.05) is 18.0 Å². The molecule has 2 aromatic rings. The summed E-state index contributed by atoms with van der Waals surface area (Å²) in [6.07, 6.45) is 0. The summed E-state index contributed by atoms with van der Waals surface area (Å²) in [5.41, 5.74) is 1.17. The molecule has 0 saturated heterocycles. The van der Waals surface area contributed by atoms with E-state index in [9.17, 15) is 0 Å². The van der Waals surface area contributed by atoms with Crippen molar-refractivity contribution >= 4 is 23.4 Å². The zero-order valence-corrected chi connectivity index (χ0v) is 12.7. The summed E-state index contributed by atoms with van der Waals surface area (Å²) in [5, 5.41) is 16.1. The van der Waals surface area contributed by atoms with Gasteiger partial charge in [0.25, 0.3) is 0 Å². The van der Waals surface area contributed by atoms with Crippen LogP contribution < -0.4 is 5.32 Å². The summed E-state index contributed by atoms with van der Waals surface area (Å²) < 4.78 is 1.62. The standard InChI is InChI=1S/C12H16ClN5S/c1-4-14-8(2)9-5-6-11(10(13)7-9)19-12-15-16-17-18(12)3/h5-8,14H,4H2,1-3H3. The average molecular weight is 298 g/mol. The maximum absolute atomic E-state index is 6.32. The third kappa shape index (κ3) is 3.46. The maximum Gasteiger partial charge on any atom is 0.213 e. The van der Waals surface area contributed by atoms with E-state index in [0.29, 0.717) is 0 Å². The summed E-state index contributed by atoms with van der Waals surface area (Å²) in [6, 6.07) is 6.36. The Morgan fingerprint density at radius 2 is 2.26 bits per heavy atom. The molecule has 1 unspecified atom stereocenters. The predicted molar refractivity (Wildman–Crippen MR) is 76.5 cm³/mol. The fourth-order valence-electron chi connectivity index (χ4n) is 1.70. The van der Waals surface area contributed by atoms with Gasteiger partial charge in [0.05, 0.1) is 5.02 Å². The third-order valence-electron chi connectivity index (χ3n) is 2.75. The normalized spacial score (nSPS) is 12.6. The fourth-order valence-corrected chi connectivity index (χ4v) is 2.74. The van der Waals surface area contributed by atoms with E-state index in [1.807, 2.05) is 12.1 Å². The van der Waals surface area contributed by atoms with E-state index in [0.717, 1.165) is 21.6 Å². The Bertz CT molecular complexity index is 557. The van der Waals surface area contributed by atoms with Gasteiger partial charge in [-0.05, 0) is 53.4 Å². The van der Waals surface area contributed by atoms with Crippen LogP contribution in [0.25, 0.3) is 0 Å². The quantitative estimate of drug-likeness (QED) is 0.919. The topological polar surface area (TPSA) is 55.6 Å². The molecule has 1 aromatic heterocycles. The van der Waals surface area contributed by atoms with E-state index in [2.05, 4.69) is 40.8 Å². The minimum Gasteiger partial charge on any atom is -0.310 e. The molecule has 0 spiro atoms. The highest BCUT2D eigenvalue weighted by molar-refractivity contribution is 7.99. The van der Waals surface area contributed by atoms with Gasteiger partial charge >= 0.3 is 0 Å². The van der Waals surface area contributed by atoms with Crippen LogP contribution in [0.4, 0.5) is 0 Å². The second kappa shape index (κ2) is 6.36. The lowest BCUT2D eigenvalue weighted by Crippen LogP contribution is -2.17. The highest BCUT2D eigenvalue weighted by Gasteiger charge is 2.11. The maximum atomic E-state index is 6.32. The van der Waals surface area contributed by atoms with E-state index in [4.69, 9.17) is 11.6 Å². The lowest BCUT2D eigenvalue weighted by molar-refractivity contribution is 0.598. The first-order valence-electron chi connectivity index (χ1n) is 6.05. The van der Waals surface area contributed by atoms with Gasteiger partial charge in [-0.25, -0.2) is 4.68 Å². The SMILES string of the molecule is CCNC(C)c1ccc(Sc2nnnn2C)c(Cl)c1. The Hall–Kier alpha value is -1.11. The Morgan fingerprint density at radius 3 is 2.84 bits per heavy atom. The Kier molecular flexibility index (Phi) is 4.79. The van der Waals surface area contributed by atoms with Crippen molar-refractivity contribution in [3.05, 3.63) is 28.8 Å². The Balaban J connectivity index is 2.18. The number of nitrogens with one attached hydrogen (secondary N) is 1. The molecule has 0 aliphatic heterocycles. The summed E-state index contributed by atoms with van der Waals surface area (Å²) in [6.45, 7) is 5.14. The van der Waals surface area contributed by atoms with Crippen LogP contribution in [-0.2, 0) is 7.05 Å². The number of halogens is 1. The molecular weight excluding hydrogens is 282 g/mol. The fraction of sp³-hybridized carbons (Fsp3) is 0.417. The number of nitrogens with zero attached hydrogens (tertiary/aromatic N) is 4. The Labute approximate surface area is 121 Å². The molecule has 1 aromatic carbocycles. The van der Waals surface area contributed by atoms with Crippen molar-refractivity contribution in [1.29, 1.82) is 0 Å². The lowest BCUT2D eigenvalue weighted by atomic mass is 10.1. The molecule has 1 atom stereocenters. The van der Waals surface area contributed by atoms with E-state index in [1.54, 1.807) is 11.7 Å². The molecule has 5 nitrogen and oxygen atoms in total. The highest BCUT2D eigenvalue weighted by atomic mass is 35.5. The summed E-state index contributed by atoms with van der Waals surface area (Å²) in [4.78, 5) is 0.951. The number of hydrogen-bond donors (Lipinski definition) is 1. The lowest BCUT2D eigenvalue weighted by Gasteiger charge is -2.14. The van der Waals surface area contributed by atoms with Crippen LogP contribution >= 0.6 is 23.4 Å². The number of tetrazole rings is 1. The van der Waals surface area contributed by atoms with Crippen LogP contribution in [0.1, 0.15) is 25.5 Å². The number of benzene rings is 1. The van der Waals surface area contributed by atoms with Gasteiger partial charge < -0.3 is 5.32 Å². The molecule has 1 N–H and O–H groups in total. The monoisotopic (exact) mass is 297 g/mol. The first-order chi connectivity index (χ1) is 9.11. The number of aromatic nitrogens is 4. The number of hydrogen-bond acceptors (Lipinski definition) is 5. The minimum absolute atomic E-state index is 0.290. The van der Waals surface area contributed by atoms with E-state index < -0.39 is 0 Å². The zero-order valence-electron chi connectivity index (χ0n) is 11.1. The molecule has 0 bridgehead atoms. The van der Waals surface area contributed by atoms with Crippen molar-refractivity contribution in [3.63, 3.8) is 0 Å². The summed E-state index contributed by atoms with van der Waals surface area (Å²) in [7, 11) is 1.80. The molecule has 0 aliphatic carbocycles. The number of aryl methyl sites for hydroxylation is 1. The largest absolute Gasteiger partial charge is 0.310 e. The molecular formula is C12H16ClN5S. The van der Waals surface area contributed by atoms with Crippen LogP contribution in [0.15, 0.2) is 28.3 Å². The van der Waals surface area contributed by atoms with Gasteiger partial charge in [0.1, 0.15) is 0 Å². The Morgan fingerprint density at radius 1 is 1.47 bits per heavy atom. The highest BCUT2D eigenvalue weighted by Crippen LogP contribution is 2.33. The third-order valence-corrected chi connectivity index (χ3v) is 4.28. The molecule has 2 rings (SSSR count). The van der Waals surface area contributed by atoms with Crippen LogP contribution in [0.5, 0.6) is 0 Å². The van der Waals surface area contributed by atoms with Gasteiger partial charge in [-0.3, -0.25) is 0 Å². The van der Waals surface area contributed by atoms with E-state index in [1.165, 1.54) is 17.3 Å².